The van der Waals surface area contributed by atoms with Crippen molar-refractivity contribution in [3.05, 3.63) is 59.7 Å². The fraction of sp³-hybridized carbons (Fsp3) is 0.350. The van der Waals surface area contributed by atoms with Crippen molar-refractivity contribution < 1.29 is 13.2 Å². The SMILES string of the molecule is Cc1cccc(N(C)S(=O)(=O)c2cccc(C(=O)NCCC(C)C)c2)c1. The highest BCUT2D eigenvalue weighted by Crippen LogP contribution is 2.23. The van der Waals surface area contributed by atoms with Crippen molar-refractivity contribution in [1.29, 1.82) is 0 Å². The molecule has 0 aliphatic heterocycles. The Morgan fingerprint density at radius 3 is 2.46 bits per heavy atom. The summed E-state index contributed by atoms with van der Waals surface area (Å²) in [4.78, 5) is 12.4. The number of nitrogens with one attached hydrogen (secondary N) is 1. The van der Waals surface area contributed by atoms with Gasteiger partial charge in [-0.1, -0.05) is 32.0 Å². The van der Waals surface area contributed by atoms with Gasteiger partial charge >= 0.3 is 0 Å². The summed E-state index contributed by atoms with van der Waals surface area (Å²) < 4.78 is 27.1. The van der Waals surface area contributed by atoms with Crippen molar-refractivity contribution in [2.75, 3.05) is 17.9 Å². The van der Waals surface area contributed by atoms with Gasteiger partial charge in [0.1, 0.15) is 0 Å². The van der Waals surface area contributed by atoms with Crippen LogP contribution < -0.4 is 9.62 Å². The molecule has 6 heteroatoms. The molecule has 0 radical (unpaired) electrons. The number of hydrogen-bond donors (Lipinski definition) is 1. The molecule has 0 aliphatic carbocycles. The van der Waals surface area contributed by atoms with Crippen LogP contribution in [0.1, 0.15) is 36.2 Å². The third kappa shape index (κ3) is 4.85. The lowest BCUT2D eigenvalue weighted by Gasteiger charge is -2.20. The van der Waals surface area contributed by atoms with Crippen LogP contribution in [0.5, 0.6) is 0 Å². The molecular formula is C20H26N2O3S. The molecule has 0 aliphatic rings. The van der Waals surface area contributed by atoms with Gasteiger partial charge in [-0.25, -0.2) is 8.42 Å². The number of amides is 1. The number of nitrogens with zero attached hydrogens (tertiary/aromatic N) is 1. The van der Waals surface area contributed by atoms with Crippen LogP contribution in [0.2, 0.25) is 0 Å². The fourth-order valence-corrected chi connectivity index (χ4v) is 3.73. The third-order valence-electron chi connectivity index (χ3n) is 4.13. The third-order valence-corrected chi connectivity index (χ3v) is 5.91. The Bertz CT molecular complexity index is 876. The summed E-state index contributed by atoms with van der Waals surface area (Å²) in [5, 5.41) is 2.83. The normalized spacial score (nSPS) is 11.4. The van der Waals surface area contributed by atoms with Gasteiger partial charge in [-0.15, -0.1) is 0 Å². The number of hydrogen-bond acceptors (Lipinski definition) is 3. The lowest BCUT2D eigenvalue weighted by Crippen LogP contribution is -2.28. The van der Waals surface area contributed by atoms with Crippen LogP contribution in [0.4, 0.5) is 5.69 Å². The molecular weight excluding hydrogens is 348 g/mol. The Balaban J connectivity index is 2.23. The molecule has 0 aromatic heterocycles. The number of carbonyl (C=O) groups excluding carboxylic acids is 1. The summed E-state index contributed by atoms with van der Waals surface area (Å²) in [5.41, 5.74) is 1.90. The van der Waals surface area contributed by atoms with Crippen LogP contribution >= 0.6 is 0 Å². The Labute approximate surface area is 156 Å². The van der Waals surface area contributed by atoms with Gasteiger partial charge in [0, 0.05) is 19.2 Å². The van der Waals surface area contributed by atoms with E-state index in [-0.39, 0.29) is 10.8 Å². The van der Waals surface area contributed by atoms with E-state index in [0.717, 1.165) is 12.0 Å². The predicted octanol–water partition coefficient (Wildman–Crippen LogP) is 3.60. The first-order valence-corrected chi connectivity index (χ1v) is 10.1. The molecule has 0 saturated carbocycles. The van der Waals surface area contributed by atoms with Gasteiger partial charge in [0.2, 0.25) is 0 Å². The minimum absolute atomic E-state index is 0.0954. The standard InChI is InChI=1S/C20H26N2O3S/c1-15(2)11-12-21-20(23)17-8-6-10-19(14-17)26(24,25)22(4)18-9-5-7-16(3)13-18/h5-10,13-15H,11-12H2,1-4H3,(H,21,23). The van der Waals surface area contributed by atoms with E-state index in [0.29, 0.717) is 23.7 Å². The summed E-state index contributed by atoms with van der Waals surface area (Å²) >= 11 is 0. The van der Waals surface area contributed by atoms with Crippen molar-refractivity contribution in [2.45, 2.75) is 32.1 Å². The van der Waals surface area contributed by atoms with Gasteiger partial charge in [0.25, 0.3) is 15.9 Å². The Morgan fingerprint density at radius 2 is 1.81 bits per heavy atom. The van der Waals surface area contributed by atoms with Gasteiger partial charge in [0.15, 0.2) is 0 Å². The summed E-state index contributed by atoms with van der Waals surface area (Å²) in [5.74, 6) is 0.228. The number of aryl methyl sites for hydroxylation is 1. The zero-order valence-corrected chi connectivity index (χ0v) is 16.5. The van der Waals surface area contributed by atoms with Crippen LogP contribution in [-0.2, 0) is 10.0 Å². The predicted molar refractivity (Wildman–Crippen MR) is 105 cm³/mol. The zero-order chi connectivity index (χ0) is 19.3. The molecule has 0 spiro atoms. The highest BCUT2D eigenvalue weighted by atomic mass is 32.2. The quantitative estimate of drug-likeness (QED) is 0.805. The average Bonchev–Trinajstić information content (AvgIpc) is 2.60. The number of carbonyl (C=O) groups is 1. The lowest BCUT2D eigenvalue weighted by atomic mass is 10.1. The van der Waals surface area contributed by atoms with Crippen LogP contribution in [-0.4, -0.2) is 27.9 Å². The topological polar surface area (TPSA) is 66.5 Å². The maximum absolute atomic E-state index is 12.9. The van der Waals surface area contributed by atoms with Crippen molar-refractivity contribution in [3.63, 3.8) is 0 Å². The van der Waals surface area contributed by atoms with Gasteiger partial charge in [-0.3, -0.25) is 9.10 Å². The van der Waals surface area contributed by atoms with E-state index in [2.05, 4.69) is 19.2 Å². The molecule has 2 rings (SSSR count). The van der Waals surface area contributed by atoms with Crippen molar-refractivity contribution >= 4 is 21.6 Å². The highest BCUT2D eigenvalue weighted by Gasteiger charge is 2.22. The summed E-state index contributed by atoms with van der Waals surface area (Å²) in [6.07, 6.45) is 0.875. The second-order valence-corrected chi connectivity index (χ2v) is 8.75. The van der Waals surface area contributed by atoms with E-state index >= 15 is 0 Å². The molecule has 0 fully saturated rings. The minimum Gasteiger partial charge on any atom is -0.352 e. The highest BCUT2D eigenvalue weighted by molar-refractivity contribution is 7.92. The van der Waals surface area contributed by atoms with E-state index in [1.165, 1.54) is 23.5 Å². The largest absolute Gasteiger partial charge is 0.352 e. The van der Waals surface area contributed by atoms with Crippen molar-refractivity contribution in [1.82, 2.24) is 5.32 Å². The van der Waals surface area contributed by atoms with E-state index in [1.54, 1.807) is 24.3 Å². The van der Waals surface area contributed by atoms with Gasteiger partial charge in [-0.2, -0.15) is 0 Å². The molecule has 0 saturated heterocycles. The van der Waals surface area contributed by atoms with Gasteiger partial charge in [-0.05, 0) is 55.2 Å². The molecule has 2 aromatic rings. The van der Waals surface area contributed by atoms with Crippen LogP contribution in [0.15, 0.2) is 53.4 Å². The number of benzene rings is 2. The van der Waals surface area contributed by atoms with Gasteiger partial charge in [0.05, 0.1) is 10.6 Å². The van der Waals surface area contributed by atoms with Crippen molar-refractivity contribution in [2.24, 2.45) is 5.92 Å². The first kappa shape index (κ1) is 20.0. The minimum atomic E-state index is -3.75. The van der Waals surface area contributed by atoms with E-state index in [4.69, 9.17) is 0 Å². The van der Waals surface area contributed by atoms with E-state index in [1.807, 2.05) is 19.1 Å². The molecule has 0 heterocycles. The van der Waals surface area contributed by atoms with E-state index < -0.39 is 10.0 Å². The molecule has 0 atom stereocenters. The first-order chi connectivity index (χ1) is 12.2. The monoisotopic (exact) mass is 374 g/mol. The molecule has 26 heavy (non-hydrogen) atoms. The summed E-state index contributed by atoms with van der Waals surface area (Å²) in [6.45, 7) is 6.64. The summed E-state index contributed by atoms with van der Waals surface area (Å²) in [6, 6.07) is 13.4. The molecule has 1 N–H and O–H groups in total. The molecule has 5 nitrogen and oxygen atoms in total. The fourth-order valence-electron chi connectivity index (χ4n) is 2.49. The van der Waals surface area contributed by atoms with Crippen LogP contribution in [0.25, 0.3) is 0 Å². The molecule has 0 unspecified atom stereocenters. The molecule has 0 bridgehead atoms. The Morgan fingerprint density at radius 1 is 1.12 bits per heavy atom. The average molecular weight is 375 g/mol. The maximum Gasteiger partial charge on any atom is 0.264 e. The first-order valence-electron chi connectivity index (χ1n) is 8.65. The van der Waals surface area contributed by atoms with Crippen LogP contribution in [0.3, 0.4) is 0 Å². The Kier molecular flexibility index (Phi) is 6.42. The number of sulfonamides is 1. The second kappa shape index (κ2) is 8.36. The summed E-state index contributed by atoms with van der Waals surface area (Å²) in [7, 11) is -2.23. The Hall–Kier alpha value is -2.34. The smallest absolute Gasteiger partial charge is 0.264 e. The number of rotatable bonds is 7. The lowest BCUT2D eigenvalue weighted by molar-refractivity contribution is 0.0952. The van der Waals surface area contributed by atoms with E-state index in [9.17, 15) is 13.2 Å². The maximum atomic E-state index is 12.9. The van der Waals surface area contributed by atoms with Crippen LogP contribution in [0, 0.1) is 12.8 Å². The second-order valence-electron chi connectivity index (χ2n) is 6.78. The number of anilines is 1. The van der Waals surface area contributed by atoms with Crippen molar-refractivity contribution in [3.8, 4) is 0 Å². The molecule has 1 amide bonds. The molecule has 2 aromatic carbocycles. The zero-order valence-electron chi connectivity index (χ0n) is 15.7. The van der Waals surface area contributed by atoms with Gasteiger partial charge < -0.3 is 5.32 Å². The molecule has 140 valence electrons.